The van der Waals surface area contributed by atoms with Crippen molar-refractivity contribution in [3.8, 4) is 28.9 Å². The molecule has 2 aromatic heterocycles. The van der Waals surface area contributed by atoms with E-state index in [4.69, 9.17) is 13.6 Å². The Kier molecular flexibility index (Phi) is 6.19. The number of fused-ring (bicyclic) bond motifs is 1. The molecule has 0 amide bonds. The van der Waals surface area contributed by atoms with Gasteiger partial charge in [0.2, 0.25) is 5.89 Å². The van der Waals surface area contributed by atoms with Gasteiger partial charge >= 0.3 is 5.97 Å². The minimum absolute atomic E-state index is 0.0557. The van der Waals surface area contributed by atoms with Crippen LogP contribution in [-0.2, 0) is 0 Å². The van der Waals surface area contributed by atoms with Crippen molar-refractivity contribution in [3.05, 3.63) is 93.6 Å². The van der Waals surface area contributed by atoms with Crippen molar-refractivity contribution in [1.82, 2.24) is 10.2 Å². The number of carbonyl (C=O) groups is 1. The third kappa shape index (κ3) is 4.66. The lowest BCUT2D eigenvalue weighted by Crippen LogP contribution is -2.12. The number of para-hydroxylation sites is 1. The lowest BCUT2D eigenvalue weighted by atomic mass is 10.0. The summed E-state index contributed by atoms with van der Waals surface area (Å²) in [7, 11) is 1.57. The van der Waals surface area contributed by atoms with Crippen molar-refractivity contribution < 1.29 is 23.5 Å². The van der Waals surface area contributed by atoms with Crippen LogP contribution in [0.5, 0.6) is 5.75 Å². The Morgan fingerprint density at radius 2 is 1.78 bits per heavy atom. The number of carboxylic acid groups (broad SMARTS) is 1. The molecule has 0 bridgehead atoms. The smallest absolute Gasteiger partial charge is 0.337 e. The molecule has 37 heavy (non-hydrogen) atoms. The summed E-state index contributed by atoms with van der Waals surface area (Å²) in [5.74, 6) is 0.0329. The fourth-order valence-electron chi connectivity index (χ4n) is 4.16. The minimum Gasteiger partial charge on any atom is -0.497 e. The van der Waals surface area contributed by atoms with Gasteiger partial charge in [0.05, 0.1) is 24.1 Å². The molecule has 0 aliphatic carbocycles. The molecule has 9 heteroatoms. The molecule has 0 saturated heterocycles. The maximum Gasteiger partial charge on any atom is 0.337 e. The molecule has 5 rings (SSSR count). The molecule has 3 aromatic carbocycles. The van der Waals surface area contributed by atoms with Crippen molar-refractivity contribution in [2.45, 2.75) is 19.9 Å². The van der Waals surface area contributed by atoms with Crippen molar-refractivity contribution in [2.75, 3.05) is 12.4 Å². The molecule has 2 heterocycles. The van der Waals surface area contributed by atoms with Gasteiger partial charge in [-0.1, -0.05) is 24.3 Å². The number of benzene rings is 3. The second kappa shape index (κ2) is 9.62. The summed E-state index contributed by atoms with van der Waals surface area (Å²) in [6.07, 6.45) is 0. The number of nitrogens with one attached hydrogen (secondary N) is 1. The largest absolute Gasteiger partial charge is 0.497 e. The van der Waals surface area contributed by atoms with Crippen molar-refractivity contribution >= 4 is 22.6 Å². The number of aromatic nitrogens is 2. The van der Waals surface area contributed by atoms with Crippen molar-refractivity contribution in [2.24, 2.45) is 0 Å². The first-order valence-corrected chi connectivity index (χ1v) is 11.5. The number of hydrogen-bond acceptors (Lipinski definition) is 8. The molecule has 0 fully saturated rings. The standard InChI is InChI=1S/C28H23N3O6/c1-15-11-20(16(2)29-22-10-5-4-9-19(22)28(33)34)25-21(12-15)23(32)14-24(36-25)27-31-30-26(37-27)17-7-6-8-18(13-17)35-3/h4-14,16,29H,1-3H3,(H,33,34). The van der Waals surface area contributed by atoms with E-state index < -0.39 is 12.0 Å². The van der Waals surface area contributed by atoms with E-state index in [0.717, 1.165) is 5.56 Å². The quantitative estimate of drug-likeness (QED) is 0.291. The monoisotopic (exact) mass is 497 g/mol. The summed E-state index contributed by atoms with van der Waals surface area (Å²) >= 11 is 0. The lowest BCUT2D eigenvalue weighted by molar-refractivity contribution is 0.0698. The van der Waals surface area contributed by atoms with Gasteiger partial charge in [-0.05, 0) is 55.8 Å². The number of aryl methyl sites for hydroxylation is 1. The van der Waals surface area contributed by atoms with Crippen molar-refractivity contribution in [1.29, 1.82) is 0 Å². The fourth-order valence-corrected chi connectivity index (χ4v) is 4.16. The maximum absolute atomic E-state index is 13.1. The predicted molar refractivity (Wildman–Crippen MR) is 138 cm³/mol. The van der Waals surface area contributed by atoms with Crippen molar-refractivity contribution in [3.63, 3.8) is 0 Å². The van der Waals surface area contributed by atoms with Crippen LogP contribution in [0.1, 0.15) is 34.5 Å². The highest BCUT2D eigenvalue weighted by molar-refractivity contribution is 5.94. The van der Waals surface area contributed by atoms with E-state index >= 15 is 0 Å². The average molecular weight is 498 g/mol. The van der Waals surface area contributed by atoms with Gasteiger partial charge in [-0.15, -0.1) is 10.2 Å². The summed E-state index contributed by atoms with van der Waals surface area (Å²) in [5, 5.41) is 21.4. The zero-order valence-corrected chi connectivity index (χ0v) is 20.3. The van der Waals surface area contributed by atoms with Gasteiger partial charge in [0.1, 0.15) is 11.3 Å². The van der Waals surface area contributed by atoms with Gasteiger partial charge < -0.3 is 24.0 Å². The molecule has 0 aliphatic rings. The summed E-state index contributed by atoms with van der Waals surface area (Å²) in [6, 6.07) is 18.4. The van der Waals surface area contributed by atoms with Gasteiger partial charge in [-0.2, -0.15) is 0 Å². The SMILES string of the molecule is COc1cccc(-c2nnc(-c3cc(=O)c4cc(C)cc(C(C)Nc5ccccc5C(=O)O)c4o3)o2)c1. The van der Waals surface area contributed by atoms with Crippen LogP contribution < -0.4 is 15.5 Å². The Bertz CT molecular complexity index is 1690. The van der Waals surface area contributed by atoms with Crippen LogP contribution in [-0.4, -0.2) is 28.4 Å². The molecule has 1 unspecified atom stereocenters. The predicted octanol–water partition coefficient (Wildman–Crippen LogP) is 5.70. The fraction of sp³-hybridized carbons (Fsp3) is 0.143. The molecule has 0 aliphatic heterocycles. The van der Waals surface area contributed by atoms with Crippen LogP contribution in [0.4, 0.5) is 5.69 Å². The van der Waals surface area contributed by atoms with E-state index in [1.165, 1.54) is 12.1 Å². The highest BCUT2D eigenvalue weighted by Gasteiger charge is 2.20. The maximum atomic E-state index is 13.1. The van der Waals surface area contributed by atoms with Crippen LogP contribution in [0.2, 0.25) is 0 Å². The summed E-state index contributed by atoms with van der Waals surface area (Å²) in [5.41, 5.74) is 2.89. The first kappa shape index (κ1) is 23.8. The Labute approximate surface area is 211 Å². The minimum atomic E-state index is -1.04. The third-order valence-electron chi connectivity index (χ3n) is 5.95. The van der Waals surface area contributed by atoms with E-state index in [1.54, 1.807) is 55.6 Å². The molecule has 0 saturated carbocycles. The second-order valence-corrected chi connectivity index (χ2v) is 8.57. The molecule has 5 aromatic rings. The highest BCUT2D eigenvalue weighted by Crippen LogP contribution is 2.32. The van der Waals surface area contributed by atoms with Gasteiger partial charge in [-0.3, -0.25) is 4.79 Å². The number of methoxy groups -OCH3 is 1. The summed E-state index contributed by atoms with van der Waals surface area (Å²) < 4.78 is 17.2. The normalized spacial score (nSPS) is 11.9. The zero-order valence-electron chi connectivity index (χ0n) is 20.3. The first-order chi connectivity index (χ1) is 17.8. The highest BCUT2D eigenvalue weighted by atomic mass is 16.5. The van der Waals surface area contributed by atoms with Crippen LogP contribution >= 0.6 is 0 Å². The molecule has 0 radical (unpaired) electrons. The molecular weight excluding hydrogens is 474 g/mol. The number of aromatic carboxylic acids is 1. The molecule has 2 N–H and O–H groups in total. The van der Waals surface area contributed by atoms with E-state index in [9.17, 15) is 14.7 Å². The van der Waals surface area contributed by atoms with E-state index in [0.29, 0.717) is 33.5 Å². The van der Waals surface area contributed by atoms with E-state index in [-0.39, 0.29) is 28.5 Å². The lowest BCUT2D eigenvalue weighted by Gasteiger charge is -2.19. The number of rotatable bonds is 7. The number of carboxylic acids is 1. The first-order valence-electron chi connectivity index (χ1n) is 11.5. The van der Waals surface area contributed by atoms with Crippen LogP contribution in [0, 0.1) is 6.92 Å². The molecular formula is C28H23N3O6. The Balaban J connectivity index is 1.57. The Morgan fingerprint density at radius 1 is 1.00 bits per heavy atom. The Morgan fingerprint density at radius 3 is 2.57 bits per heavy atom. The van der Waals surface area contributed by atoms with Gasteiger partial charge in [-0.25, -0.2) is 4.79 Å². The number of ether oxygens (including phenoxy) is 1. The van der Waals surface area contributed by atoms with E-state index in [2.05, 4.69) is 15.5 Å². The van der Waals surface area contributed by atoms with Gasteiger partial charge in [0.25, 0.3) is 5.89 Å². The number of hydrogen-bond donors (Lipinski definition) is 2. The Hall–Kier alpha value is -4.92. The molecule has 1 atom stereocenters. The molecule has 0 spiro atoms. The molecule has 186 valence electrons. The molecule has 9 nitrogen and oxygen atoms in total. The average Bonchev–Trinajstić information content (AvgIpc) is 3.39. The van der Waals surface area contributed by atoms with Crippen LogP contribution in [0.3, 0.4) is 0 Å². The summed E-state index contributed by atoms with van der Waals surface area (Å²) in [6.45, 7) is 3.75. The van der Waals surface area contributed by atoms with Gasteiger partial charge in [0.15, 0.2) is 11.2 Å². The number of anilines is 1. The van der Waals surface area contributed by atoms with Crippen LogP contribution in [0.15, 0.2) is 80.4 Å². The number of nitrogens with zero attached hydrogens (tertiary/aromatic N) is 2. The van der Waals surface area contributed by atoms with Crippen LogP contribution in [0.25, 0.3) is 34.1 Å². The summed E-state index contributed by atoms with van der Waals surface area (Å²) in [4.78, 5) is 24.8. The van der Waals surface area contributed by atoms with Gasteiger partial charge in [0, 0.05) is 22.9 Å². The second-order valence-electron chi connectivity index (χ2n) is 8.57. The topological polar surface area (TPSA) is 128 Å². The zero-order chi connectivity index (χ0) is 26.1. The van der Waals surface area contributed by atoms with E-state index in [1.807, 2.05) is 19.9 Å². The third-order valence-corrected chi connectivity index (χ3v) is 5.95.